The number of hydrogen-bond acceptors (Lipinski definition) is 3. The minimum atomic E-state index is 0.420. The van der Waals surface area contributed by atoms with E-state index >= 15 is 0 Å². The first-order valence-corrected chi connectivity index (χ1v) is 7.08. The zero-order valence-corrected chi connectivity index (χ0v) is 11.8. The van der Waals surface area contributed by atoms with E-state index in [1.54, 1.807) is 0 Å². The molecule has 100 valence electrons. The molecule has 2 heterocycles. The molecule has 1 aliphatic rings. The van der Waals surface area contributed by atoms with Gasteiger partial charge in [0.25, 0.3) is 0 Å². The summed E-state index contributed by atoms with van der Waals surface area (Å²) in [6.07, 6.45) is 4.31. The van der Waals surface area contributed by atoms with Gasteiger partial charge in [-0.1, -0.05) is 6.07 Å². The standard InChI is InChI=1S/C15H25N3/c1-12-7-10-18(11-8-13(2)17-12)14(3)15-6-4-5-9-16-15/h4-6,9,12-14,17H,7-8,10-11H2,1-3H3. The van der Waals surface area contributed by atoms with Crippen LogP contribution in [0.3, 0.4) is 0 Å². The van der Waals surface area contributed by atoms with Gasteiger partial charge in [-0.15, -0.1) is 0 Å². The van der Waals surface area contributed by atoms with E-state index in [2.05, 4.69) is 48.1 Å². The van der Waals surface area contributed by atoms with Crippen LogP contribution in [0.25, 0.3) is 0 Å². The SMILES string of the molecule is CC1CCN(C(C)c2ccccn2)CCC(C)N1. The lowest BCUT2D eigenvalue weighted by Gasteiger charge is -2.34. The number of rotatable bonds is 2. The van der Waals surface area contributed by atoms with Gasteiger partial charge < -0.3 is 5.32 Å². The molecule has 0 aliphatic carbocycles. The van der Waals surface area contributed by atoms with Crippen molar-refractivity contribution in [3.63, 3.8) is 0 Å². The fraction of sp³-hybridized carbons (Fsp3) is 0.667. The lowest BCUT2D eigenvalue weighted by atomic mass is 10.1. The first-order valence-electron chi connectivity index (χ1n) is 7.08. The van der Waals surface area contributed by atoms with Gasteiger partial charge in [-0.05, 0) is 45.7 Å². The number of nitrogens with zero attached hydrogens (tertiary/aromatic N) is 2. The van der Waals surface area contributed by atoms with Crippen molar-refractivity contribution < 1.29 is 0 Å². The predicted octanol–water partition coefficient (Wildman–Crippen LogP) is 2.61. The molecule has 0 bridgehead atoms. The lowest BCUT2D eigenvalue weighted by molar-refractivity contribution is 0.169. The molecule has 3 unspecified atom stereocenters. The average Bonchev–Trinajstić information content (AvgIpc) is 2.37. The number of pyridine rings is 1. The second-order valence-corrected chi connectivity index (χ2v) is 5.51. The van der Waals surface area contributed by atoms with Gasteiger partial charge in [0, 0.05) is 37.4 Å². The van der Waals surface area contributed by atoms with E-state index in [4.69, 9.17) is 0 Å². The molecule has 18 heavy (non-hydrogen) atoms. The molecule has 0 radical (unpaired) electrons. The Morgan fingerprint density at radius 2 is 1.89 bits per heavy atom. The second-order valence-electron chi connectivity index (χ2n) is 5.51. The van der Waals surface area contributed by atoms with Gasteiger partial charge in [0.2, 0.25) is 0 Å². The minimum absolute atomic E-state index is 0.420. The summed E-state index contributed by atoms with van der Waals surface area (Å²) in [5.74, 6) is 0. The maximum Gasteiger partial charge on any atom is 0.0572 e. The minimum Gasteiger partial charge on any atom is -0.312 e. The molecule has 3 nitrogen and oxygen atoms in total. The van der Waals surface area contributed by atoms with Crippen molar-refractivity contribution in [1.82, 2.24) is 15.2 Å². The Bertz CT molecular complexity index is 340. The normalized spacial score (nSPS) is 28.4. The molecule has 1 N–H and O–H groups in total. The van der Waals surface area contributed by atoms with Crippen LogP contribution < -0.4 is 5.32 Å². The highest BCUT2D eigenvalue weighted by atomic mass is 15.2. The van der Waals surface area contributed by atoms with Gasteiger partial charge in [-0.2, -0.15) is 0 Å². The molecule has 2 rings (SSSR count). The third-order valence-corrected chi connectivity index (χ3v) is 3.93. The fourth-order valence-corrected chi connectivity index (χ4v) is 2.68. The highest BCUT2D eigenvalue weighted by molar-refractivity contribution is 5.08. The zero-order chi connectivity index (χ0) is 13.0. The van der Waals surface area contributed by atoms with Crippen molar-refractivity contribution in [2.45, 2.75) is 51.7 Å². The Hall–Kier alpha value is -0.930. The van der Waals surface area contributed by atoms with Gasteiger partial charge in [-0.25, -0.2) is 0 Å². The molecule has 3 heteroatoms. The first-order chi connectivity index (χ1) is 8.66. The molecule has 0 spiro atoms. The Morgan fingerprint density at radius 3 is 2.44 bits per heavy atom. The van der Waals surface area contributed by atoms with Gasteiger partial charge >= 0.3 is 0 Å². The molecule has 1 saturated heterocycles. The molecule has 1 fully saturated rings. The topological polar surface area (TPSA) is 28.2 Å². The van der Waals surface area contributed by atoms with Crippen LogP contribution in [-0.2, 0) is 0 Å². The molecular formula is C15H25N3. The molecule has 1 aliphatic heterocycles. The average molecular weight is 247 g/mol. The van der Waals surface area contributed by atoms with Crippen LogP contribution in [0.15, 0.2) is 24.4 Å². The summed E-state index contributed by atoms with van der Waals surface area (Å²) in [7, 11) is 0. The van der Waals surface area contributed by atoms with E-state index in [0.717, 1.165) is 13.1 Å². The third kappa shape index (κ3) is 3.53. The van der Waals surface area contributed by atoms with Crippen molar-refractivity contribution in [2.24, 2.45) is 0 Å². The maximum atomic E-state index is 4.49. The van der Waals surface area contributed by atoms with Crippen molar-refractivity contribution in [3.05, 3.63) is 30.1 Å². The number of nitrogens with one attached hydrogen (secondary N) is 1. The van der Waals surface area contributed by atoms with E-state index in [1.807, 2.05) is 12.3 Å². The van der Waals surface area contributed by atoms with Crippen LogP contribution in [0, 0.1) is 0 Å². The van der Waals surface area contributed by atoms with E-state index < -0.39 is 0 Å². The van der Waals surface area contributed by atoms with Gasteiger partial charge in [0.15, 0.2) is 0 Å². The monoisotopic (exact) mass is 247 g/mol. The number of aromatic nitrogens is 1. The first kappa shape index (κ1) is 13.5. The lowest BCUT2D eigenvalue weighted by Crippen LogP contribution is -2.43. The quantitative estimate of drug-likeness (QED) is 0.870. The Balaban J connectivity index is 2.02. The molecule has 0 saturated carbocycles. The molecule has 3 atom stereocenters. The van der Waals surface area contributed by atoms with Crippen LogP contribution in [0.2, 0.25) is 0 Å². The molecule has 1 aromatic rings. The Kier molecular flexibility index (Phi) is 4.72. The molecule has 1 aromatic heterocycles. The van der Waals surface area contributed by atoms with Crippen LogP contribution >= 0.6 is 0 Å². The van der Waals surface area contributed by atoms with Gasteiger partial charge in [0.1, 0.15) is 0 Å². The largest absolute Gasteiger partial charge is 0.312 e. The van der Waals surface area contributed by atoms with E-state index in [0.29, 0.717) is 18.1 Å². The molecular weight excluding hydrogens is 222 g/mol. The summed E-state index contributed by atoms with van der Waals surface area (Å²) in [5.41, 5.74) is 1.19. The third-order valence-electron chi connectivity index (χ3n) is 3.93. The molecule has 0 aromatic carbocycles. The smallest absolute Gasteiger partial charge is 0.0572 e. The Labute approximate surface area is 111 Å². The summed E-state index contributed by atoms with van der Waals surface area (Å²) in [5, 5.41) is 3.64. The van der Waals surface area contributed by atoms with Crippen molar-refractivity contribution in [1.29, 1.82) is 0 Å². The number of hydrogen-bond donors (Lipinski definition) is 1. The van der Waals surface area contributed by atoms with Gasteiger partial charge in [-0.3, -0.25) is 9.88 Å². The van der Waals surface area contributed by atoms with Gasteiger partial charge in [0.05, 0.1) is 5.69 Å². The summed E-state index contributed by atoms with van der Waals surface area (Å²) in [6.45, 7) is 9.14. The van der Waals surface area contributed by atoms with Crippen LogP contribution in [0.4, 0.5) is 0 Å². The van der Waals surface area contributed by atoms with Crippen LogP contribution in [0.1, 0.15) is 45.3 Å². The van der Waals surface area contributed by atoms with Crippen molar-refractivity contribution in [3.8, 4) is 0 Å². The fourth-order valence-electron chi connectivity index (χ4n) is 2.68. The summed E-state index contributed by atoms with van der Waals surface area (Å²) < 4.78 is 0. The van der Waals surface area contributed by atoms with Crippen LogP contribution in [-0.4, -0.2) is 35.1 Å². The van der Waals surface area contributed by atoms with E-state index in [9.17, 15) is 0 Å². The van der Waals surface area contributed by atoms with Crippen molar-refractivity contribution in [2.75, 3.05) is 13.1 Å². The Morgan fingerprint density at radius 1 is 1.22 bits per heavy atom. The molecule has 0 amide bonds. The summed E-state index contributed by atoms with van der Waals surface area (Å²) >= 11 is 0. The maximum absolute atomic E-state index is 4.49. The summed E-state index contributed by atoms with van der Waals surface area (Å²) in [4.78, 5) is 7.05. The van der Waals surface area contributed by atoms with Crippen LogP contribution in [0.5, 0.6) is 0 Å². The van der Waals surface area contributed by atoms with E-state index in [-0.39, 0.29) is 0 Å². The predicted molar refractivity (Wildman–Crippen MR) is 75.5 cm³/mol. The zero-order valence-electron chi connectivity index (χ0n) is 11.8. The highest BCUT2D eigenvalue weighted by Gasteiger charge is 2.21. The van der Waals surface area contributed by atoms with Crippen molar-refractivity contribution >= 4 is 0 Å². The summed E-state index contributed by atoms with van der Waals surface area (Å²) in [6, 6.07) is 7.84. The van der Waals surface area contributed by atoms with E-state index in [1.165, 1.54) is 18.5 Å². The second kappa shape index (κ2) is 6.30. The highest BCUT2D eigenvalue weighted by Crippen LogP contribution is 2.20.